The summed E-state index contributed by atoms with van der Waals surface area (Å²) >= 11 is 6.03. The predicted octanol–water partition coefficient (Wildman–Crippen LogP) is 5.73. The quantitative estimate of drug-likeness (QED) is 0.344. The fraction of sp³-hybridized carbons (Fsp3) is 0.0909. The summed E-state index contributed by atoms with van der Waals surface area (Å²) in [5, 5.41) is 4.52. The summed E-state index contributed by atoms with van der Waals surface area (Å²) < 4.78 is 79.2. The van der Waals surface area contributed by atoms with E-state index in [0.717, 1.165) is 28.9 Å². The van der Waals surface area contributed by atoms with E-state index >= 15 is 0 Å². The van der Waals surface area contributed by atoms with Gasteiger partial charge in [0.1, 0.15) is 5.69 Å². The molecule has 4 aromatic rings. The van der Waals surface area contributed by atoms with Crippen LogP contribution in [0.25, 0.3) is 27.7 Å². The third kappa shape index (κ3) is 3.46. The fourth-order valence-corrected chi connectivity index (χ4v) is 3.70. The molecule has 0 fully saturated rings. The summed E-state index contributed by atoms with van der Waals surface area (Å²) in [6, 6.07) is 9.02. The van der Waals surface area contributed by atoms with Crippen LogP contribution in [0.2, 0.25) is 5.02 Å². The van der Waals surface area contributed by atoms with E-state index in [1.807, 2.05) is 0 Å². The Morgan fingerprint density at radius 1 is 0.939 bits per heavy atom. The summed E-state index contributed by atoms with van der Waals surface area (Å²) in [5.41, 5.74) is -2.12. The molecule has 0 atom stereocenters. The van der Waals surface area contributed by atoms with Crippen LogP contribution in [-0.2, 0) is 6.18 Å². The summed E-state index contributed by atoms with van der Waals surface area (Å²) in [6.07, 6.45) is -4.58. The molecule has 0 radical (unpaired) electrons. The maximum Gasteiger partial charge on any atom is 0.416 e. The molecule has 33 heavy (non-hydrogen) atoms. The SMILES string of the molecule is O=c1c2cc(Cl)ccc2c(-c2cc3c(c(F)c2F)OCO3)nn1-c1ccc(C(F)(F)F)cc1. The Labute approximate surface area is 186 Å². The van der Waals surface area contributed by atoms with Gasteiger partial charge < -0.3 is 9.47 Å². The Kier molecular flexibility index (Phi) is 4.78. The highest BCUT2D eigenvalue weighted by Crippen LogP contribution is 2.42. The van der Waals surface area contributed by atoms with Crippen molar-refractivity contribution in [2.45, 2.75) is 6.18 Å². The number of hydrogen-bond donors (Lipinski definition) is 0. The average molecular weight is 481 g/mol. The number of hydrogen-bond acceptors (Lipinski definition) is 4. The minimum Gasteiger partial charge on any atom is -0.453 e. The van der Waals surface area contributed by atoms with Gasteiger partial charge in [-0.05, 0) is 42.5 Å². The van der Waals surface area contributed by atoms with Crippen molar-refractivity contribution < 1.29 is 31.4 Å². The predicted molar refractivity (Wildman–Crippen MR) is 109 cm³/mol. The molecule has 0 saturated carbocycles. The summed E-state index contributed by atoms with van der Waals surface area (Å²) in [4.78, 5) is 13.1. The van der Waals surface area contributed by atoms with E-state index < -0.39 is 28.9 Å². The maximum absolute atomic E-state index is 15.0. The molecule has 11 heteroatoms. The molecule has 0 amide bonds. The first-order chi connectivity index (χ1) is 15.6. The Hall–Kier alpha value is -3.66. The van der Waals surface area contributed by atoms with Gasteiger partial charge in [0.25, 0.3) is 5.56 Å². The smallest absolute Gasteiger partial charge is 0.416 e. The summed E-state index contributed by atoms with van der Waals surface area (Å²) in [7, 11) is 0. The summed E-state index contributed by atoms with van der Waals surface area (Å²) in [6.45, 7) is -0.302. The van der Waals surface area contributed by atoms with Crippen molar-refractivity contribution >= 4 is 22.4 Å². The Bertz CT molecular complexity index is 1480. The van der Waals surface area contributed by atoms with E-state index in [1.165, 1.54) is 24.3 Å². The van der Waals surface area contributed by atoms with Crippen molar-refractivity contribution in [3.63, 3.8) is 0 Å². The lowest BCUT2D eigenvalue weighted by atomic mass is 10.0. The molecule has 0 spiro atoms. The first-order valence-electron chi connectivity index (χ1n) is 9.33. The lowest BCUT2D eigenvalue weighted by molar-refractivity contribution is -0.137. The Morgan fingerprint density at radius 3 is 2.36 bits per heavy atom. The van der Waals surface area contributed by atoms with Crippen LogP contribution in [-0.4, -0.2) is 16.6 Å². The van der Waals surface area contributed by atoms with Gasteiger partial charge in [-0.1, -0.05) is 17.7 Å². The Balaban J connectivity index is 1.80. The number of aromatic nitrogens is 2. The van der Waals surface area contributed by atoms with Crippen LogP contribution >= 0.6 is 11.6 Å². The zero-order valence-electron chi connectivity index (χ0n) is 16.2. The highest BCUT2D eigenvalue weighted by atomic mass is 35.5. The normalized spacial score (nSPS) is 13.0. The first kappa shape index (κ1) is 21.2. The van der Waals surface area contributed by atoms with Crippen molar-refractivity contribution in [3.05, 3.63) is 81.1 Å². The zero-order chi connectivity index (χ0) is 23.5. The second kappa shape index (κ2) is 7.45. The van der Waals surface area contributed by atoms with E-state index in [1.54, 1.807) is 0 Å². The van der Waals surface area contributed by atoms with Crippen LogP contribution < -0.4 is 15.0 Å². The van der Waals surface area contributed by atoms with Crippen LogP contribution in [0.3, 0.4) is 0 Å². The lowest BCUT2D eigenvalue weighted by Gasteiger charge is -2.14. The van der Waals surface area contributed by atoms with Gasteiger partial charge in [0.15, 0.2) is 11.6 Å². The van der Waals surface area contributed by atoms with E-state index in [2.05, 4.69) is 5.10 Å². The Morgan fingerprint density at radius 2 is 1.67 bits per heavy atom. The standard InChI is InChI=1S/C22H10ClF5N2O3/c23-11-3-6-13-14(7-11)21(31)30(12-4-1-10(2-5-12)22(26,27)28)29-19(13)15-8-16-20(33-9-32-16)18(25)17(15)24/h1-8H,9H2. The van der Waals surface area contributed by atoms with Gasteiger partial charge in [-0.2, -0.15) is 27.3 Å². The molecule has 1 aromatic heterocycles. The molecule has 0 aliphatic carbocycles. The van der Waals surface area contributed by atoms with E-state index in [-0.39, 0.29) is 51.0 Å². The third-order valence-corrected chi connectivity index (χ3v) is 5.33. The highest BCUT2D eigenvalue weighted by molar-refractivity contribution is 6.31. The van der Waals surface area contributed by atoms with Gasteiger partial charge in [0, 0.05) is 16.0 Å². The second-order valence-corrected chi connectivity index (χ2v) is 7.52. The monoisotopic (exact) mass is 480 g/mol. The molecular formula is C22H10ClF5N2O3. The number of benzene rings is 3. The van der Waals surface area contributed by atoms with Gasteiger partial charge in [-0.3, -0.25) is 4.79 Å². The minimum absolute atomic E-state index is 0.00451. The van der Waals surface area contributed by atoms with Crippen molar-refractivity contribution in [1.29, 1.82) is 0 Å². The van der Waals surface area contributed by atoms with Crippen molar-refractivity contribution in [3.8, 4) is 28.4 Å². The number of nitrogens with zero attached hydrogens (tertiary/aromatic N) is 2. The third-order valence-electron chi connectivity index (χ3n) is 5.10. The maximum atomic E-state index is 15.0. The number of fused-ring (bicyclic) bond motifs is 2. The molecule has 1 aliphatic rings. The second-order valence-electron chi connectivity index (χ2n) is 7.09. The number of rotatable bonds is 2. The molecule has 2 heterocycles. The molecule has 0 saturated heterocycles. The van der Waals surface area contributed by atoms with E-state index in [9.17, 15) is 26.7 Å². The van der Waals surface area contributed by atoms with Crippen LogP contribution in [0, 0.1) is 11.6 Å². The highest BCUT2D eigenvalue weighted by Gasteiger charge is 2.31. The van der Waals surface area contributed by atoms with Crippen LogP contribution in [0.1, 0.15) is 5.56 Å². The molecule has 168 valence electrons. The van der Waals surface area contributed by atoms with Gasteiger partial charge in [0.2, 0.25) is 18.4 Å². The molecule has 5 nitrogen and oxygen atoms in total. The minimum atomic E-state index is -4.58. The number of ether oxygens (including phenoxy) is 2. The molecule has 3 aromatic carbocycles. The fourth-order valence-electron chi connectivity index (χ4n) is 3.53. The molecule has 0 bridgehead atoms. The molecule has 1 aliphatic heterocycles. The average Bonchev–Trinajstić information content (AvgIpc) is 3.25. The number of halogens is 6. The first-order valence-corrected chi connectivity index (χ1v) is 9.71. The van der Waals surface area contributed by atoms with Crippen molar-refractivity contribution in [2.75, 3.05) is 6.79 Å². The largest absolute Gasteiger partial charge is 0.453 e. The van der Waals surface area contributed by atoms with Crippen LogP contribution in [0.5, 0.6) is 11.5 Å². The van der Waals surface area contributed by atoms with Gasteiger partial charge >= 0.3 is 6.18 Å². The topological polar surface area (TPSA) is 53.4 Å². The van der Waals surface area contributed by atoms with Gasteiger partial charge in [-0.15, -0.1) is 0 Å². The molecule has 5 rings (SSSR count). The van der Waals surface area contributed by atoms with Crippen molar-refractivity contribution in [1.82, 2.24) is 9.78 Å². The van der Waals surface area contributed by atoms with Crippen LogP contribution in [0.4, 0.5) is 22.0 Å². The summed E-state index contributed by atoms with van der Waals surface area (Å²) in [5.74, 6) is -3.03. The molecule has 0 unspecified atom stereocenters. The van der Waals surface area contributed by atoms with Crippen LogP contribution in [0.15, 0.2) is 53.3 Å². The lowest BCUT2D eigenvalue weighted by Crippen LogP contribution is -2.22. The molecular weight excluding hydrogens is 471 g/mol. The molecule has 0 N–H and O–H groups in total. The number of alkyl halides is 3. The van der Waals surface area contributed by atoms with Gasteiger partial charge in [-0.25, -0.2) is 4.39 Å². The van der Waals surface area contributed by atoms with Crippen molar-refractivity contribution in [2.24, 2.45) is 0 Å². The van der Waals surface area contributed by atoms with E-state index in [0.29, 0.717) is 0 Å². The van der Waals surface area contributed by atoms with Gasteiger partial charge in [0.05, 0.1) is 16.6 Å². The zero-order valence-corrected chi connectivity index (χ0v) is 17.0. The van der Waals surface area contributed by atoms with E-state index in [4.69, 9.17) is 21.1 Å².